The van der Waals surface area contributed by atoms with Crippen molar-refractivity contribution in [1.29, 1.82) is 0 Å². The minimum atomic E-state index is -0.401. The van der Waals surface area contributed by atoms with Crippen LogP contribution in [0, 0.1) is 0 Å². The Balaban J connectivity index is 2.10. The second-order valence-electron chi connectivity index (χ2n) is 2.22. The summed E-state index contributed by atoms with van der Waals surface area (Å²) in [4.78, 5) is 10.8. The third-order valence-corrected chi connectivity index (χ3v) is 1.44. The summed E-state index contributed by atoms with van der Waals surface area (Å²) in [5.74, 6) is -0.273. The number of cyclic esters (lactones) is 1. The minimum absolute atomic E-state index is 0.177. The van der Waals surface area contributed by atoms with E-state index in [0.29, 0.717) is 19.6 Å². The highest BCUT2D eigenvalue weighted by molar-refractivity contribution is 5.76. The van der Waals surface area contributed by atoms with Gasteiger partial charge in [-0.15, -0.1) is 0 Å². The molecule has 1 atom stereocenters. The largest absolute Gasteiger partial charge is 0.464 e. The summed E-state index contributed by atoms with van der Waals surface area (Å²) in [7, 11) is 0. The zero-order valence-corrected chi connectivity index (χ0v) is 6.54. The first-order chi connectivity index (χ1) is 5.34. The maximum Gasteiger partial charge on any atom is 0.335 e. The van der Waals surface area contributed by atoms with Gasteiger partial charge in [-0.05, 0) is 6.92 Å². The van der Waals surface area contributed by atoms with Crippen LogP contribution in [-0.4, -0.2) is 32.1 Å². The zero-order valence-electron chi connectivity index (χ0n) is 6.54. The van der Waals surface area contributed by atoms with E-state index in [1.165, 1.54) is 0 Å². The van der Waals surface area contributed by atoms with Crippen molar-refractivity contribution >= 4 is 5.97 Å². The van der Waals surface area contributed by atoms with E-state index in [9.17, 15) is 4.79 Å². The fraction of sp³-hybridized carbons (Fsp3) is 0.857. The molecule has 0 aromatic heterocycles. The normalized spacial score (nSPS) is 23.7. The molecular weight excluding hydrogens is 148 g/mol. The molecule has 1 unspecified atom stereocenters. The lowest BCUT2D eigenvalue weighted by Crippen LogP contribution is -2.19. The van der Waals surface area contributed by atoms with Crippen LogP contribution >= 0.6 is 0 Å². The third-order valence-electron chi connectivity index (χ3n) is 1.44. The van der Waals surface area contributed by atoms with Crippen molar-refractivity contribution in [3.63, 3.8) is 0 Å². The molecule has 1 rings (SSSR count). The molecule has 4 heteroatoms. The van der Waals surface area contributed by atoms with Crippen LogP contribution in [0.4, 0.5) is 0 Å². The van der Waals surface area contributed by atoms with E-state index in [4.69, 9.17) is 9.47 Å². The summed E-state index contributed by atoms with van der Waals surface area (Å²) in [5, 5.41) is 0. The van der Waals surface area contributed by atoms with Crippen molar-refractivity contribution in [2.75, 3.05) is 20.0 Å². The Morgan fingerprint density at radius 2 is 2.55 bits per heavy atom. The maximum absolute atomic E-state index is 10.8. The quantitative estimate of drug-likeness (QED) is 0.337. The average Bonchev–Trinajstić information content (AvgIpc) is 2.37. The van der Waals surface area contributed by atoms with Gasteiger partial charge < -0.3 is 14.2 Å². The molecule has 0 aromatic carbocycles. The number of carbonyl (C=O) groups excluding carboxylic acids is 1. The number of ether oxygens (including phenoxy) is 3. The first kappa shape index (κ1) is 8.49. The van der Waals surface area contributed by atoms with Crippen LogP contribution < -0.4 is 0 Å². The lowest BCUT2D eigenvalue weighted by atomic mass is 10.3. The highest BCUT2D eigenvalue weighted by atomic mass is 16.7. The molecule has 0 aromatic rings. The maximum atomic E-state index is 10.8. The molecule has 0 N–H and O–H groups in total. The lowest BCUT2D eigenvalue weighted by molar-refractivity contribution is -0.154. The first-order valence-corrected chi connectivity index (χ1v) is 3.70. The molecule has 0 aliphatic carbocycles. The van der Waals surface area contributed by atoms with Crippen LogP contribution in [0.3, 0.4) is 0 Å². The Morgan fingerprint density at radius 3 is 3.09 bits per heavy atom. The van der Waals surface area contributed by atoms with Crippen LogP contribution in [0.25, 0.3) is 0 Å². The van der Waals surface area contributed by atoms with E-state index in [2.05, 4.69) is 4.74 Å². The molecule has 0 amide bonds. The van der Waals surface area contributed by atoms with Crippen LogP contribution in [0.5, 0.6) is 0 Å². The second kappa shape index (κ2) is 4.31. The van der Waals surface area contributed by atoms with Gasteiger partial charge in [0, 0.05) is 13.0 Å². The predicted molar refractivity (Wildman–Crippen MR) is 36.9 cm³/mol. The van der Waals surface area contributed by atoms with Gasteiger partial charge >= 0.3 is 5.97 Å². The van der Waals surface area contributed by atoms with Gasteiger partial charge in [0.25, 0.3) is 0 Å². The topological polar surface area (TPSA) is 44.8 Å². The van der Waals surface area contributed by atoms with Crippen molar-refractivity contribution in [2.45, 2.75) is 19.4 Å². The van der Waals surface area contributed by atoms with Crippen molar-refractivity contribution in [1.82, 2.24) is 0 Å². The van der Waals surface area contributed by atoms with E-state index >= 15 is 0 Å². The Hall–Kier alpha value is -0.610. The van der Waals surface area contributed by atoms with Gasteiger partial charge in [-0.2, -0.15) is 0 Å². The van der Waals surface area contributed by atoms with Gasteiger partial charge in [-0.3, -0.25) is 0 Å². The third kappa shape index (κ3) is 2.48. The summed E-state index contributed by atoms with van der Waals surface area (Å²) in [6, 6.07) is 0. The Bertz CT molecular complexity index is 134. The summed E-state index contributed by atoms with van der Waals surface area (Å²) in [6.07, 6.45) is 0.243. The monoisotopic (exact) mass is 160 g/mol. The van der Waals surface area contributed by atoms with E-state index < -0.39 is 6.10 Å². The van der Waals surface area contributed by atoms with Crippen molar-refractivity contribution in [3.05, 3.63) is 0 Å². The SMILES string of the molecule is CCOCOC1CCOC1=O. The highest BCUT2D eigenvalue weighted by Gasteiger charge is 2.26. The minimum Gasteiger partial charge on any atom is -0.464 e. The molecule has 0 bridgehead atoms. The summed E-state index contributed by atoms with van der Waals surface area (Å²) >= 11 is 0. The molecule has 11 heavy (non-hydrogen) atoms. The summed E-state index contributed by atoms with van der Waals surface area (Å²) in [6.45, 7) is 3.12. The van der Waals surface area contributed by atoms with Crippen LogP contribution in [0.15, 0.2) is 0 Å². The molecule has 0 radical (unpaired) electrons. The number of hydrogen-bond acceptors (Lipinski definition) is 4. The van der Waals surface area contributed by atoms with Crippen LogP contribution in [0.1, 0.15) is 13.3 Å². The van der Waals surface area contributed by atoms with Crippen molar-refractivity contribution in [3.8, 4) is 0 Å². The average molecular weight is 160 g/mol. The molecule has 1 heterocycles. The van der Waals surface area contributed by atoms with Gasteiger partial charge in [-0.25, -0.2) is 4.79 Å². The predicted octanol–water partition coefficient (Wildman–Crippen LogP) is 0.312. The number of hydrogen-bond donors (Lipinski definition) is 0. The second-order valence-corrected chi connectivity index (χ2v) is 2.22. The van der Waals surface area contributed by atoms with Gasteiger partial charge in [0.2, 0.25) is 0 Å². The van der Waals surface area contributed by atoms with E-state index in [1.807, 2.05) is 6.92 Å². The molecule has 1 aliphatic heterocycles. The lowest BCUT2D eigenvalue weighted by Gasteiger charge is -2.06. The van der Waals surface area contributed by atoms with E-state index in [1.54, 1.807) is 0 Å². The Kier molecular flexibility index (Phi) is 3.32. The molecule has 1 aliphatic rings. The summed E-state index contributed by atoms with van der Waals surface area (Å²) < 4.78 is 14.6. The summed E-state index contributed by atoms with van der Waals surface area (Å²) in [5.41, 5.74) is 0. The fourth-order valence-electron chi connectivity index (χ4n) is 0.842. The van der Waals surface area contributed by atoms with Crippen molar-refractivity contribution < 1.29 is 19.0 Å². The fourth-order valence-corrected chi connectivity index (χ4v) is 0.842. The van der Waals surface area contributed by atoms with Crippen molar-refractivity contribution in [2.24, 2.45) is 0 Å². The first-order valence-electron chi connectivity index (χ1n) is 3.70. The van der Waals surface area contributed by atoms with Crippen LogP contribution in [-0.2, 0) is 19.0 Å². The van der Waals surface area contributed by atoms with E-state index in [0.717, 1.165) is 0 Å². The molecule has 0 spiro atoms. The molecule has 1 saturated heterocycles. The van der Waals surface area contributed by atoms with Gasteiger partial charge in [0.05, 0.1) is 6.61 Å². The standard InChI is InChI=1S/C7H12O4/c1-2-9-5-11-6-3-4-10-7(6)8/h6H,2-5H2,1H3. The number of esters is 1. The molecule has 64 valence electrons. The smallest absolute Gasteiger partial charge is 0.335 e. The number of rotatable bonds is 4. The molecule has 1 fully saturated rings. The highest BCUT2D eigenvalue weighted by Crippen LogP contribution is 2.09. The molecule has 4 nitrogen and oxygen atoms in total. The van der Waals surface area contributed by atoms with E-state index in [-0.39, 0.29) is 12.8 Å². The van der Waals surface area contributed by atoms with Gasteiger partial charge in [0.1, 0.15) is 6.79 Å². The Labute approximate surface area is 65.4 Å². The number of carbonyl (C=O) groups is 1. The van der Waals surface area contributed by atoms with Crippen LogP contribution in [0.2, 0.25) is 0 Å². The molecule has 0 saturated carbocycles. The van der Waals surface area contributed by atoms with Gasteiger partial charge in [-0.1, -0.05) is 0 Å². The zero-order chi connectivity index (χ0) is 8.10. The van der Waals surface area contributed by atoms with Gasteiger partial charge in [0.15, 0.2) is 6.10 Å². The Morgan fingerprint density at radius 1 is 1.73 bits per heavy atom. The molecular formula is C7H12O4.